The fourth-order valence-electron chi connectivity index (χ4n) is 5.59. The number of H-pyrrole nitrogens is 1. The van der Waals surface area contributed by atoms with Crippen molar-refractivity contribution in [3.8, 4) is 0 Å². The summed E-state index contributed by atoms with van der Waals surface area (Å²) in [5.41, 5.74) is 8.82. The molecule has 2 bridgehead atoms. The number of benzene rings is 1. The zero-order chi connectivity index (χ0) is 23.6. The molecule has 2 aromatic heterocycles. The third kappa shape index (κ3) is 3.38. The molecule has 1 aromatic carbocycles. The van der Waals surface area contributed by atoms with Gasteiger partial charge in [-0.1, -0.05) is 12.2 Å². The molecule has 3 heterocycles. The number of nitrogens with zero attached hydrogens (tertiary/aromatic N) is 3. The lowest BCUT2D eigenvalue weighted by atomic mass is 9.88. The van der Waals surface area contributed by atoms with Gasteiger partial charge in [-0.25, -0.2) is 8.42 Å². The normalized spacial score (nSPS) is 25.1. The predicted molar refractivity (Wildman–Crippen MR) is 130 cm³/mol. The molecule has 1 saturated carbocycles. The number of primary amides is 1. The first-order valence-electron chi connectivity index (χ1n) is 11.2. The Morgan fingerprint density at radius 1 is 1.21 bits per heavy atom. The van der Waals surface area contributed by atoms with Gasteiger partial charge >= 0.3 is 0 Å². The average Bonchev–Trinajstić information content (AvgIpc) is 3.55. The highest BCUT2D eigenvalue weighted by molar-refractivity contribution is 7.92. The van der Waals surface area contributed by atoms with Crippen LogP contribution >= 0.6 is 0 Å². The van der Waals surface area contributed by atoms with Crippen molar-refractivity contribution in [1.29, 1.82) is 0 Å². The van der Waals surface area contributed by atoms with Crippen molar-refractivity contribution >= 4 is 50.1 Å². The Balaban J connectivity index is 1.30. The molecule has 5 N–H and O–H groups in total. The van der Waals surface area contributed by atoms with Gasteiger partial charge in [-0.2, -0.15) is 9.97 Å². The van der Waals surface area contributed by atoms with Crippen LogP contribution in [0.25, 0.3) is 11.0 Å². The smallest absolute Gasteiger partial charge is 0.232 e. The molecule has 11 heteroatoms. The number of rotatable bonds is 6. The van der Waals surface area contributed by atoms with Gasteiger partial charge in [0.2, 0.25) is 21.9 Å². The highest BCUT2D eigenvalue weighted by atomic mass is 32.2. The van der Waals surface area contributed by atoms with Crippen LogP contribution in [0.4, 0.5) is 23.1 Å². The first kappa shape index (κ1) is 21.0. The van der Waals surface area contributed by atoms with E-state index < -0.39 is 10.0 Å². The minimum atomic E-state index is -3.30. The molecule has 4 atom stereocenters. The van der Waals surface area contributed by atoms with Crippen molar-refractivity contribution in [2.75, 3.05) is 27.7 Å². The van der Waals surface area contributed by atoms with Crippen LogP contribution in [-0.2, 0) is 21.2 Å². The summed E-state index contributed by atoms with van der Waals surface area (Å²) >= 11 is 0. The zero-order valence-corrected chi connectivity index (χ0v) is 19.3. The number of carbonyl (C=O) groups is 1. The van der Waals surface area contributed by atoms with Crippen molar-refractivity contribution in [3.63, 3.8) is 0 Å². The second-order valence-corrected chi connectivity index (χ2v) is 11.1. The quantitative estimate of drug-likeness (QED) is 0.396. The Labute approximate surface area is 196 Å². The van der Waals surface area contributed by atoms with Gasteiger partial charge in [0.1, 0.15) is 11.5 Å². The molecule has 0 spiro atoms. The molecule has 6 rings (SSSR count). The molecule has 1 fully saturated rings. The average molecular weight is 480 g/mol. The summed E-state index contributed by atoms with van der Waals surface area (Å²) in [5, 5.41) is 7.56. The third-order valence-electron chi connectivity index (χ3n) is 7.10. The number of hydrogen-bond donors (Lipinski definition) is 4. The molecule has 0 saturated heterocycles. The van der Waals surface area contributed by atoms with Crippen LogP contribution < -0.4 is 20.7 Å². The van der Waals surface area contributed by atoms with Gasteiger partial charge in [0, 0.05) is 24.5 Å². The topological polar surface area (TPSA) is 146 Å². The zero-order valence-electron chi connectivity index (χ0n) is 18.5. The number of aromatic nitrogens is 3. The number of fused-ring (bicyclic) bond motifs is 4. The summed E-state index contributed by atoms with van der Waals surface area (Å²) in [6.45, 7) is 0.440. The third-order valence-corrected chi connectivity index (χ3v) is 8.28. The number of sulfonamides is 1. The van der Waals surface area contributed by atoms with Crippen LogP contribution in [0, 0.1) is 17.8 Å². The highest BCUT2D eigenvalue weighted by Gasteiger charge is 2.47. The molecule has 10 nitrogen and oxygen atoms in total. The second kappa shape index (κ2) is 7.45. The number of nitrogens with one attached hydrogen (secondary N) is 3. The fraction of sp³-hybridized carbons (Fsp3) is 0.348. The SMILES string of the molecule is CS(=O)(=O)N1CCc2cc(Nc3nc(NC4C5C=CC(C5)C4C(N)=O)c4cc[nH]c4n3)ccc21. The van der Waals surface area contributed by atoms with E-state index in [0.29, 0.717) is 36.1 Å². The Morgan fingerprint density at radius 2 is 2.03 bits per heavy atom. The van der Waals surface area contributed by atoms with Gasteiger partial charge in [-0.3, -0.25) is 9.10 Å². The van der Waals surface area contributed by atoms with E-state index in [0.717, 1.165) is 23.1 Å². The number of nitrogens with two attached hydrogens (primary N) is 1. The van der Waals surface area contributed by atoms with E-state index in [1.54, 1.807) is 12.3 Å². The van der Waals surface area contributed by atoms with Gasteiger partial charge < -0.3 is 21.4 Å². The van der Waals surface area contributed by atoms with Gasteiger partial charge in [0.05, 0.1) is 23.2 Å². The van der Waals surface area contributed by atoms with Crippen molar-refractivity contribution in [3.05, 3.63) is 48.2 Å². The van der Waals surface area contributed by atoms with Gasteiger partial charge in [-0.15, -0.1) is 0 Å². The first-order chi connectivity index (χ1) is 16.3. The lowest BCUT2D eigenvalue weighted by Crippen LogP contribution is -2.41. The molecule has 3 aromatic rings. The van der Waals surface area contributed by atoms with Crippen molar-refractivity contribution in [2.24, 2.45) is 23.5 Å². The van der Waals surface area contributed by atoms with E-state index in [1.807, 2.05) is 18.2 Å². The highest BCUT2D eigenvalue weighted by Crippen LogP contribution is 2.45. The number of allylic oxidation sites excluding steroid dienone is 1. The van der Waals surface area contributed by atoms with E-state index >= 15 is 0 Å². The molecule has 1 aliphatic heterocycles. The number of amides is 1. The molecular weight excluding hydrogens is 454 g/mol. The van der Waals surface area contributed by atoms with E-state index in [4.69, 9.17) is 10.7 Å². The number of anilines is 4. The maximum Gasteiger partial charge on any atom is 0.232 e. The van der Waals surface area contributed by atoms with E-state index in [-0.39, 0.29) is 29.7 Å². The van der Waals surface area contributed by atoms with E-state index in [9.17, 15) is 13.2 Å². The lowest BCUT2D eigenvalue weighted by Gasteiger charge is -2.27. The van der Waals surface area contributed by atoms with Gasteiger partial charge in [0.25, 0.3) is 0 Å². The van der Waals surface area contributed by atoms with Crippen LogP contribution in [0.15, 0.2) is 42.6 Å². The predicted octanol–water partition coefficient (Wildman–Crippen LogP) is 2.11. The Morgan fingerprint density at radius 3 is 2.82 bits per heavy atom. The molecule has 176 valence electrons. The van der Waals surface area contributed by atoms with Crippen LogP contribution in [0.3, 0.4) is 0 Å². The summed E-state index contributed by atoms with van der Waals surface area (Å²) in [7, 11) is -3.30. The van der Waals surface area contributed by atoms with Crippen LogP contribution in [0.5, 0.6) is 0 Å². The summed E-state index contributed by atoms with van der Waals surface area (Å²) in [6, 6.07) is 7.34. The van der Waals surface area contributed by atoms with E-state index in [2.05, 4.69) is 32.8 Å². The van der Waals surface area contributed by atoms with Crippen molar-refractivity contribution in [2.45, 2.75) is 18.9 Å². The maximum absolute atomic E-state index is 12.1. The molecule has 2 aliphatic carbocycles. The monoisotopic (exact) mass is 479 g/mol. The number of aromatic amines is 1. The first-order valence-corrected chi connectivity index (χ1v) is 13.1. The van der Waals surface area contributed by atoms with Crippen LogP contribution in [-0.4, -0.2) is 48.1 Å². The molecular formula is C23H25N7O3S. The maximum atomic E-state index is 12.1. The van der Waals surface area contributed by atoms with Gasteiger partial charge in [-0.05, 0) is 54.5 Å². The number of carbonyl (C=O) groups excluding carboxylic acids is 1. The summed E-state index contributed by atoms with van der Waals surface area (Å²) in [4.78, 5) is 24.6. The molecule has 1 amide bonds. The molecule has 4 unspecified atom stereocenters. The minimum absolute atomic E-state index is 0.115. The fourth-order valence-corrected chi connectivity index (χ4v) is 6.55. The summed E-state index contributed by atoms with van der Waals surface area (Å²) < 4.78 is 25.4. The Hall–Kier alpha value is -3.60. The van der Waals surface area contributed by atoms with Crippen molar-refractivity contribution in [1.82, 2.24) is 15.0 Å². The Kier molecular flexibility index (Phi) is 4.60. The number of hydrogen-bond acceptors (Lipinski definition) is 7. The molecule has 0 radical (unpaired) electrons. The van der Waals surface area contributed by atoms with Crippen LogP contribution in [0.2, 0.25) is 0 Å². The second-order valence-electron chi connectivity index (χ2n) is 9.24. The van der Waals surface area contributed by atoms with Crippen LogP contribution in [0.1, 0.15) is 12.0 Å². The van der Waals surface area contributed by atoms with Gasteiger partial charge in [0.15, 0.2) is 0 Å². The summed E-state index contributed by atoms with van der Waals surface area (Å²) in [5.74, 6) is 0.856. The molecule has 34 heavy (non-hydrogen) atoms. The molecule has 3 aliphatic rings. The van der Waals surface area contributed by atoms with E-state index in [1.165, 1.54) is 10.6 Å². The largest absolute Gasteiger partial charge is 0.369 e. The minimum Gasteiger partial charge on any atom is -0.369 e. The Bertz CT molecular complexity index is 1450. The summed E-state index contributed by atoms with van der Waals surface area (Å²) in [6.07, 6.45) is 8.83. The standard InChI is InChI=1S/C23H25N7O3S/c1-34(32,33)30-9-7-12-11-15(4-5-17(12)30)26-23-28-21-16(6-8-25-21)22(29-23)27-19-14-3-2-13(10-14)18(19)20(24)31/h2-6,8,11,13-14,18-19H,7,9-10H2,1H3,(H2,24,31)(H3,25,26,27,28,29). The van der Waals surface area contributed by atoms with Crippen molar-refractivity contribution < 1.29 is 13.2 Å². The lowest BCUT2D eigenvalue weighted by molar-refractivity contribution is -0.122.